The number of carbonyl (C=O) groups excluding carboxylic acids is 2. The largest absolute Gasteiger partial charge is 0.339 e. The van der Waals surface area contributed by atoms with Gasteiger partial charge in [-0.15, -0.1) is 0 Å². The van der Waals surface area contributed by atoms with Crippen molar-refractivity contribution in [2.45, 2.75) is 0 Å². The van der Waals surface area contributed by atoms with E-state index < -0.39 is 11.3 Å². The number of amides is 2. The van der Waals surface area contributed by atoms with Crippen LogP contribution < -0.4 is 10.7 Å². The molecule has 0 heterocycles. The summed E-state index contributed by atoms with van der Waals surface area (Å²) in [6.45, 7) is 0. The van der Waals surface area contributed by atoms with E-state index in [2.05, 4.69) is 15.8 Å². The van der Waals surface area contributed by atoms with Crippen molar-refractivity contribution in [1.82, 2.24) is 5.43 Å². The molecule has 0 radical (unpaired) electrons. The lowest BCUT2D eigenvalue weighted by atomic mass is 10.1. The molecular formula is C15H12ClN3O2. The molecule has 21 heavy (non-hydrogen) atoms. The van der Waals surface area contributed by atoms with Gasteiger partial charge < -0.3 is 5.32 Å². The molecular weight excluding hydrogens is 290 g/mol. The minimum absolute atomic E-state index is 0.0273. The first-order valence-corrected chi connectivity index (χ1v) is 6.49. The third kappa shape index (κ3) is 4.43. The predicted molar refractivity (Wildman–Crippen MR) is 82.4 cm³/mol. The van der Waals surface area contributed by atoms with Crippen molar-refractivity contribution >= 4 is 34.3 Å². The van der Waals surface area contributed by atoms with E-state index >= 15 is 0 Å². The lowest BCUT2D eigenvalue weighted by Crippen LogP contribution is -2.26. The average molecular weight is 302 g/mol. The minimum atomic E-state index is -0.749. The topological polar surface area (TPSA) is 70.6 Å². The van der Waals surface area contributed by atoms with Crippen LogP contribution in [-0.2, 0) is 4.79 Å². The summed E-state index contributed by atoms with van der Waals surface area (Å²) in [6, 6.07) is 17.0. The van der Waals surface area contributed by atoms with Gasteiger partial charge >= 0.3 is 6.03 Å². The van der Waals surface area contributed by atoms with E-state index in [0.29, 0.717) is 11.3 Å². The molecule has 0 aliphatic heterocycles. The quantitative estimate of drug-likeness (QED) is 0.518. The fourth-order valence-electron chi connectivity index (χ4n) is 1.61. The second-order valence-electron chi connectivity index (χ2n) is 4.03. The molecule has 0 aliphatic rings. The number of nitrogens with one attached hydrogen (secondary N) is 2. The summed E-state index contributed by atoms with van der Waals surface area (Å²) < 4.78 is 0. The van der Waals surface area contributed by atoms with Crippen LogP contribution in [0.5, 0.6) is 0 Å². The van der Waals surface area contributed by atoms with E-state index in [9.17, 15) is 9.59 Å². The number of para-hydroxylation sites is 1. The van der Waals surface area contributed by atoms with Gasteiger partial charge in [-0.3, -0.25) is 4.79 Å². The van der Waals surface area contributed by atoms with Crippen LogP contribution in [0.2, 0.25) is 0 Å². The lowest BCUT2D eigenvalue weighted by Gasteiger charge is -2.05. The Kier molecular flexibility index (Phi) is 5.06. The van der Waals surface area contributed by atoms with Crippen molar-refractivity contribution in [2.75, 3.05) is 5.32 Å². The summed E-state index contributed by atoms with van der Waals surface area (Å²) >= 11 is 5.48. The normalized spacial score (nSPS) is 10.8. The predicted octanol–water partition coefficient (Wildman–Crippen LogP) is 2.98. The molecule has 0 saturated heterocycles. The van der Waals surface area contributed by atoms with Crippen molar-refractivity contribution in [3.63, 3.8) is 0 Å². The van der Waals surface area contributed by atoms with Crippen molar-refractivity contribution < 1.29 is 9.59 Å². The van der Waals surface area contributed by atoms with Gasteiger partial charge in [0.15, 0.2) is 5.71 Å². The molecule has 106 valence electrons. The first kappa shape index (κ1) is 14.7. The Morgan fingerprint density at radius 2 is 1.48 bits per heavy atom. The van der Waals surface area contributed by atoms with E-state index in [4.69, 9.17) is 11.6 Å². The maximum Gasteiger partial charge on any atom is 0.339 e. The number of carbonyl (C=O) groups is 2. The highest BCUT2D eigenvalue weighted by Gasteiger charge is 2.11. The number of halogens is 1. The fourth-order valence-corrected chi connectivity index (χ4v) is 1.76. The van der Waals surface area contributed by atoms with Gasteiger partial charge in [0.2, 0.25) is 0 Å². The maximum atomic E-state index is 11.7. The van der Waals surface area contributed by atoms with Crippen LogP contribution in [0.4, 0.5) is 10.5 Å². The zero-order valence-electron chi connectivity index (χ0n) is 10.9. The van der Waals surface area contributed by atoms with Gasteiger partial charge in [0, 0.05) is 11.3 Å². The average Bonchev–Trinajstić information content (AvgIpc) is 2.49. The fraction of sp³-hybridized carbons (Fsp3) is 0. The molecule has 2 aromatic carbocycles. The molecule has 2 amide bonds. The van der Waals surface area contributed by atoms with Crippen LogP contribution in [0.1, 0.15) is 5.56 Å². The van der Waals surface area contributed by atoms with Crippen LogP contribution >= 0.6 is 11.6 Å². The Bertz CT molecular complexity index is 657. The van der Waals surface area contributed by atoms with E-state index in [1.54, 1.807) is 54.6 Å². The molecule has 0 unspecified atom stereocenters. The zero-order chi connectivity index (χ0) is 15.1. The summed E-state index contributed by atoms with van der Waals surface area (Å²) in [4.78, 5) is 23.1. The first-order chi connectivity index (χ1) is 10.2. The Labute approximate surface area is 126 Å². The van der Waals surface area contributed by atoms with Crippen LogP contribution in [0.3, 0.4) is 0 Å². The highest BCUT2D eigenvalue weighted by molar-refractivity contribution is 6.84. The van der Waals surface area contributed by atoms with E-state index in [1.165, 1.54) is 0 Å². The van der Waals surface area contributed by atoms with Gasteiger partial charge in [-0.05, 0) is 23.7 Å². The van der Waals surface area contributed by atoms with E-state index in [0.717, 1.165) is 0 Å². The smallest absolute Gasteiger partial charge is 0.307 e. The number of rotatable bonds is 4. The highest BCUT2D eigenvalue weighted by Crippen LogP contribution is 2.05. The standard InChI is InChI=1S/C15H12ClN3O2/c16-14(20)13(11-7-3-1-4-8-11)18-19-15(21)17-12-9-5-2-6-10-12/h1-10H,(H2,17,19,21)/b18-13+. The summed E-state index contributed by atoms with van der Waals surface area (Å²) in [7, 11) is 0. The zero-order valence-corrected chi connectivity index (χ0v) is 11.7. The molecule has 0 aromatic heterocycles. The molecule has 0 fully saturated rings. The number of urea groups is 1. The van der Waals surface area contributed by atoms with Crippen LogP contribution in [-0.4, -0.2) is 17.0 Å². The van der Waals surface area contributed by atoms with Crippen LogP contribution in [0, 0.1) is 0 Å². The molecule has 0 spiro atoms. The van der Waals surface area contributed by atoms with Crippen molar-refractivity contribution in [3.05, 3.63) is 66.2 Å². The van der Waals surface area contributed by atoms with Gasteiger partial charge in [-0.25, -0.2) is 10.2 Å². The molecule has 2 aromatic rings. The Morgan fingerprint density at radius 1 is 0.905 bits per heavy atom. The Balaban J connectivity index is 2.07. The minimum Gasteiger partial charge on any atom is -0.307 e. The molecule has 0 aliphatic carbocycles. The SMILES string of the molecule is O=C(N/N=C(/C(=O)Cl)c1ccccc1)Nc1ccccc1. The highest BCUT2D eigenvalue weighted by atomic mass is 35.5. The summed E-state index contributed by atoms with van der Waals surface area (Å²) in [6.07, 6.45) is 0. The molecule has 0 atom stereocenters. The molecule has 0 saturated carbocycles. The monoisotopic (exact) mass is 301 g/mol. The third-order valence-electron chi connectivity index (χ3n) is 2.53. The number of benzene rings is 2. The van der Waals surface area contributed by atoms with Crippen molar-refractivity contribution in [1.29, 1.82) is 0 Å². The second kappa shape index (κ2) is 7.21. The van der Waals surface area contributed by atoms with E-state index in [-0.39, 0.29) is 5.71 Å². The lowest BCUT2D eigenvalue weighted by molar-refractivity contribution is -0.106. The Hall–Kier alpha value is -2.66. The number of hydrazone groups is 1. The van der Waals surface area contributed by atoms with Crippen LogP contribution in [0.15, 0.2) is 65.8 Å². The number of nitrogens with zero attached hydrogens (tertiary/aromatic N) is 1. The number of hydrogen-bond donors (Lipinski definition) is 2. The molecule has 2 rings (SSSR count). The summed E-state index contributed by atoms with van der Waals surface area (Å²) in [5.74, 6) is 0. The number of hydrogen-bond acceptors (Lipinski definition) is 3. The van der Waals surface area contributed by atoms with Gasteiger partial charge in [-0.1, -0.05) is 48.5 Å². The molecule has 6 heteroatoms. The van der Waals surface area contributed by atoms with E-state index in [1.807, 2.05) is 6.07 Å². The molecule has 0 bridgehead atoms. The second-order valence-corrected chi connectivity index (χ2v) is 4.38. The summed E-state index contributed by atoms with van der Waals surface area (Å²) in [5, 5.41) is 5.59. The first-order valence-electron chi connectivity index (χ1n) is 6.12. The summed E-state index contributed by atoms with van der Waals surface area (Å²) in [5.41, 5.74) is 3.36. The van der Waals surface area contributed by atoms with Crippen LogP contribution in [0.25, 0.3) is 0 Å². The van der Waals surface area contributed by atoms with Gasteiger partial charge in [0.1, 0.15) is 0 Å². The number of anilines is 1. The Morgan fingerprint density at radius 3 is 2.05 bits per heavy atom. The van der Waals surface area contributed by atoms with Gasteiger partial charge in [-0.2, -0.15) is 5.10 Å². The van der Waals surface area contributed by atoms with Gasteiger partial charge in [0.25, 0.3) is 5.24 Å². The third-order valence-corrected chi connectivity index (χ3v) is 2.71. The molecule has 5 nitrogen and oxygen atoms in total. The maximum absolute atomic E-state index is 11.7. The van der Waals surface area contributed by atoms with Gasteiger partial charge in [0.05, 0.1) is 0 Å². The molecule has 2 N–H and O–H groups in total. The van der Waals surface area contributed by atoms with Crippen molar-refractivity contribution in [3.8, 4) is 0 Å². The van der Waals surface area contributed by atoms with Crippen molar-refractivity contribution in [2.24, 2.45) is 5.10 Å².